The molecule has 0 saturated heterocycles. The van der Waals surface area contributed by atoms with Crippen molar-refractivity contribution in [2.24, 2.45) is 0 Å². The second kappa shape index (κ2) is 7.69. The van der Waals surface area contributed by atoms with Gasteiger partial charge in [-0.05, 0) is 32.0 Å². The van der Waals surface area contributed by atoms with E-state index in [-0.39, 0.29) is 18.4 Å². The minimum absolute atomic E-state index is 0.0756. The molecule has 0 aliphatic rings. The van der Waals surface area contributed by atoms with Crippen LogP contribution in [0.4, 0.5) is 0 Å². The average Bonchev–Trinajstić information content (AvgIpc) is 2.52. The van der Waals surface area contributed by atoms with E-state index in [1.807, 2.05) is 31.2 Å². The third kappa shape index (κ3) is 4.50. The summed E-state index contributed by atoms with van der Waals surface area (Å²) in [6.45, 7) is 4.55. The van der Waals surface area contributed by atoms with Crippen molar-refractivity contribution in [3.8, 4) is 0 Å². The first-order chi connectivity index (χ1) is 11.0. The monoisotopic (exact) mass is 315 g/mol. The number of pyridine rings is 1. The topological polar surface area (TPSA) is 80.3 Å². The van der Waals surface area contributed by atoms with Crippen LogP contribution in [0.15, 0.2) is 24.3 Å². The van der Waals surface area contributed by atoms with Gasteiger partial charge in [0.05, 0.1) is 29.9 Å². The number of benzene rings is 1. The minimum Gasteiger partial charge on any atom is -0.383 e. The summed E-state index contributed by atoms with van der Waals surface area (Å²) in [5.74, 6) is -0.557. The van der Waals surface area contributed by atoms with Crippen molar-refractivity contribution in [3.63, 3.8) is 0 Å². The largest absolute Gasteiger partial charge is 0.383 e. The fraction of sp³-hybridized carbons (Fsp3) is 0.353. The van der Waals surface area contributed by atoms with Crippen molar-refractivity contribution in [2.45, 2.75) is 13.8 Å². The van der Waals surface area contributed by atoms with Gasteiger partial charge in [0.2, 0.25) is 5.91 Å². The molecule has 2 amide bonds. The predicted molar refractivity (Wildman–Crippen MR) is 88.4 cm³/mol. The van der Waals surface area contributed by atoms with Gasteiger partial charge in [-0.25, -0.2) is 0 Å². The molecular formula is C17H21N3O3. The second-order valence-electron chi connectivity index (χ2n) is 5.34. The first-order valence-electron chi connectivity index (χ1n) is 7.43. The number of amides is 2. The summed E-state index contributed by atoms with van der Waals surface area (Å²) >= 11 is 0. The highest BCUT2D eigenvalue weighted by Crippen LogP contribution is 2.18. The Balaban J connectivity index is 2.05. The number of fused-ring (bicyclic) bond motifs is 1. The minimum atomic E-state index is -0.305. The lowest BCUT2D eigenvalue weighted by Crippen LogP contribution is -2.38. The zero-order valence-corrected chi connectivity index (χ0v) is 13.6. The fourth-order valence-corrected chi connectivity index (χ4v) is 2.23. The van der Waals surface area contributed by atoms with E-state index in [9.17, 15) is 9.59 Å². The lowest BCUT2D eigenvalue weighted by atomic mass is 10.1. The van der Waals surface area contributed by atoms with Crippen LogP contribution < -0.4 is 10.6 Å². The van der Waals surface area contributed by atoms with E-state index < -0.39 is 0 Å². The Morgan fingerprint density at radius 3 is 2.70 bits per heavy atom. The van der Waals surface area contributed by atoms with Gasteiger partial charge in [0.1, 0.15) is 0 Å². The molecule has 0 spiro atoms. The van der Waals surface area contributed by atoms with Gasteiger partial charge in [0.15, 0.2) is 0 Å². The highest BCUT2D eigenvalue weighted by molar-refractivity contribution is 6.00. The average molecular weight is 315 g/mol. The molecule has 0 radical (unpaired) electrons. The summed E-state index contributed by atoms with van der Waals surface area (Å²) in [6.07, 6.45) is 0. The molecule has 2 aromatic rings. The molecule has 6 heteroatoms. The molecule has 1 aromatic heterocycles. The highest BCUT2D eigenvalue weighted by atomic mass is 16.5. The van der Waals surface area contributed by atoms with E-state index >= 15 is 0 Å². The number of aromatic nitrogens is 1. The van der Waals surface area contributed by atoms with Gasteiger partial charge in [-0.3, -0.25) is 14.6 Å². The van der Waals surface area contributed by atoms with Crippen LogP contribution >= 0.6 is 0 Å². The molecule has 0 aliphatic heterocycles. The number of aryl methyl sites for hydroxylation is 2. The molecule has 0 unspecified atom stereocenters. The standard InChI is InChI=1S/C17H21N3O3/c1-11-4-5-15-13(8-11)9-14(12(2)20-15)17(22)19-10-16(21)18-6-7-23-3/h4-5,8-9H,6-7,10H2,1-3H3,(H,18,21)(H,19,22). The SMILES string of the molecule is COCCNC(=O)CNC(=O)c1cc2cc(C)ccc2nc1C. The number of carbonyl (C=O) groups excluding carboxylic acids is 2. The van der Waals surface area contributed by atoms with E-state index in [0.717, 1.165) is 16.5 Å². The van der Waals surface area contributed by atoms with E-state index in [2.05, 4.69) is 15.6 Å². The summed E-state index contributed by atoms with van der Waals surface area (Å²) in [5, 5.41) is 6.17. The van der Waals surface area contributed by atoms with Gasteiger partial charge in [-0.1, -0.05) is 11.6 Å². The molecule has 1 heterocycles. The second-order valence-corrected chi connectivity index (χ2v) is 5.34. The zero-order valence-electron chi connectivity index (χ0n) is 13.6. The van der Waals surface area contributed by atoms with E-state index in [0.29, 0.717) is 24.4 Å². The Hall–Kier alpha value is -2.47. The quantitative estimate of drug-likeness (QED) is 0.789. The molecule has 0 aliphatic carbocycles. The van der Waals surface area contributed by atoms with Crippen LogP contribution in [0.5, 0.6) is 0 Å². The molecule has 6 nitrogen and oxygen atoms in total. The maximum atomic E-state index is 12.3. The van der Waals surface area contributed by atoms with E-state index in [1.165, 1.54) is 0 Å². The number of hydrogen-bond donors (Lipinski definition) is 2. The molecule has 0 saturated carbocycles. The van der Waals surface area contributed by atoms with Crippen molar-refractivity contribution < 1.29 is 14.3 Å². The Kier molecular flexibility index (Phi) is 5.65. The first kappa shape index (κ1) is 16.9. The lowest BCUT2D eigenvalue weighted by Gasteiger charge is -2.09. The maximum Gasteiger partial charge on any atom is 0.253 e. The summed E-state index contributed by atoms with van der Waals surface area (Å²) in [4.78, 5) is 28.3. The highest BCUT2D eigenvalue weighted by Gasteiger charge is 2.12. The van der Waals surface area contributed by atoms with Crippen molar-refractivity contribution in [1.29, 1.82) is 0 Å². The van der Waals surface area contributed by atoms with Gasteiger partial charge >= 0.3 is 0 Å². The molecule has 23 heavy (non-hydrogen) atoms. The number of carbonyl (C=O) groups is 2. The molecule has 1 aromatic carbocycles. The van der Waals surface area contributed by atoms with Gasteiger partial charge in [0.25, 0.3) is 5.91 Å². The lowest BCUT2D eigenvalue weighted by molar-refractivity contribution is -0.120. The van der Waals surface area contributed by atoms with Crippen LogP contribution in [0.2, 0.25) is 0 Å². The number of rotatable bonds is 6. The van der Waals surface area contributed by atoms with Gasteiger partial charge in [-0.15, -0.1) is 0 Å². The van der Waals surface area contributed by atoms with Crippen LogP contribution in [-0.2, 0) is 9.53 Å². The number of ether oxygens (including phenoxy) is 1. The molecule has 0 fully saturated rings. The van der Waals surface area contributed by atoms with E-state index in [4.69, 9.17) is 4.74 Å². The number of nitrogens with one attached hydrogen (secondary N) is 2. The summed E-state index contributed by atoms with van der Waals surface area (Å²) < 4.78 is 4.84. The third-order valence-electron chi connectivity index (χ3n) is 3.44. The molecule has 0 bridgehead atoms. The molecular weight excluding hydrogens is 294 g/mol. The smallest absolute Gasteiger partial charge is 0.253 e. The predicted octanol–water partition coefficient (Wildman–Crippen LogP) is 1.34. The van der Waals surface area contributed by atoms with Crippen LogP contribution in [0.25, 0.3) is 10.9 Å². The van der Waals surface area contributed by atoms with Gasteiger partial charge in [-0.2, -0.15) is 0 Å². The Morgan fingerprint density at radius 2 is 1.96 bits per heavy atom. The zero-order chi connectivity index (χ0) is 16.8. The summed E-state index contributed by atoms with van der Waals surface area (Å²) in [6, 6.07) is 7.71. The fourth-order valence-electron chi connectivity index (χ4n) is 2.23. The van der Waals surface area contributed by atoms with Gasteiger partial charge in [0, 0.05) is 19.0 Å². The maximum absolute atomic E-state index is 12.3. The van der Waals surface area contributed by atoms with Crippen molar-refractivity contribution in [2.75, 3.05) is 26.8 Å². The normalized spacial score (nSPS) is 10.6. The van der Waals surface area contributed by atoms with Crippen LogP contribution in [0, 0.1) is 13.8 Å². The molecule has 0 atom stereocenters. The Bertz CT molecular complexity index is 728. The first-order valence-corrected chi connectivity index (χ1v) is 7.43. The molecule has 2 N–H and O–H groups in total. The van der Waals surface area contributed by atoms with Crippen LogP contribution in [0.3, 0.4) is 0 Å². The van der Waals surface area contributed by atoms with Crippen molar-refractivity contribution in [1.82, 2.24) is 15.6 Å². The third-order valence-corrected chi connectivity index (χ3v) is 3.44. The number of nitrogens with zero attached hydrogens (tertiary/aromatic N) is 1. The summed E-state index contributed by atoms with van der Waals surface area (Å²) in [7, 11) is 1.56. The number of methoxy groups -OCH3 is 1. The molecule has 122 valence electrons. The Labute approximate surface area is 135 Å². The van der Waals surface area contributed by atoms with Gasteiger partial charge < -0.3 is 15.4 Å². The van der Waals surface area contributed by atoms with Crippen LogP contribution in [-0.4, -0.2) is 43.6 Å². The van der Waals surface area contributed by atoms with E-state index in [1.54, 1.807) is 14.0 Å². The molecule has 2 rings (SSSR count). The van der Waals surface area contributed by atoms with Crippen molar-refractivity contribution >= 4 is 22.7 Å². The Morgan fingerprint density at radius 1 is 1.17 bits per heavy atom. The summed E-state index contributed by atoms with van der Waals surface area (Å²) in [5.41, 5.74) is 3.07. The van der Waals surface area contributed by atoms with Crippen LogP contribution in [0.1, 0.15) is 21.6 Å². The number of hydrogen-bond acceptors (Lipinski definition) is 4. The van der Waals surface area contributed by atoms with Crippen molar-refractivity contribution in [3.05, 3.63) is 41.1 Å².